The maximum absolute atomic E-state index is 9.28. The highest BCUT2D eigenvalue weighted by Gasteiger charge is 2.15. The molecule has 0 saturated heterocycles. The fourth-order valence-corrected chi connectivity index (χ4v) is 2.48. The number of nitrogens with one attached hydrogen (secondary N) is 1. The average molecular weight is 269 g/mol. The molecule has 4 nitrogen and oxygen atoms in total. The van der Waals surface area contributed by atoms with Crippen molar-refractivity contribution in [1.29, 1.82) is 5.26 Å². The number of hydrogen-bond donors (Lipinski definition) is 1. The van der Waals surface area contributed by atoms with Crippen molar-refractivity contribution in [2.45, 2.75) is 40.7 Å². The molecule has 0 aliphatic carbocycles. The van der Waals surface area contributed by atoms with Crippen LogP contribution in [-0.4, -0.2) is 4.98 Å². The molecule has 20 heavy (non-hydrogen) atoms. The maximum atomic E-state index is 9.28. The highest BCUT2D eigenvalue weighted by Crippen LogP contribution is 2.27. The average Bonchev–Trinajstić information content (AvgIpc) is 2.68. The number of aryl methyl sites for hydroxylation is 4. The first-order valence-corrected chi connectivity index (χ1v) is 6.64. The number of aromatic nitrogens is 1. The zero-order chi connectivity index (χ0) is 14.9. The smallest absolute Gasteiger partial charge is 0.106 e. The van der Waals surface area contributed by atoms with Crippen LogP contribution in [0.15, 0.2) is 16.5 Å². The lowest BCUT2D eigenvalue weighted by Gasteiger charge is -2.17. The molecule has 0 radical (unpaired) electrons. The Morgan fingerprint density at radius 2 is 1.95 bits per heavy atom. The number of furan rings is 1. The van der Waals surface area contributed by atoms with Crippen LogP contribution in [0.5, 0.6) is 0 Å². The highest BCUT2D eigenvalue weighted by atomic mass is 16.3. The second-order valence-corrected chi connectivity index (χ2v) is 5.12. The van der Waals surface area contributed by atoms with Gasteiger partial charge in [-0.2, -0.15) is 5.26 Å². The predicted octanol–water partition coefficient (Wildman–Crippen LogP) is 3.95. The zero-order valence-corrected chi connectivity index (χ0v) is 12.5. The largest absolute Gasteiger partial charge is 0.466 e. The molecule has 0 amide bonds. The normalized spacial score (nSPS) is 12.0. The van der Waals surface area contributed by atoms with Crippen LogP contribution in [0.4, 0.5) is 5.69 Å². The summed E-state index contributed by atoms with van der Waals surface area (Å²) in [6.45, 7) is 9.73. The Kier molecular flexibility index (Phi) is 3.80. The summed E-state index contributed by atoms with van der Waals surface area (Å²) in [5.74, 6) is 1.80. The number of pyridine rings is 1. The van der Waals surface area contributed by atoms with Gasteiger partial charge in [0.25, 0.3) is 0 Å². The van der Waals surface area contributed by atoms with Gasteiger partial charge in [0.05, 0.1) is 23.0 Å². The Labute approximate surface area is 119 Å². The first-order chi connectivity index (χ1) is 9.42. The second kappa shape index (κ2) is 5.38. The van der Waals surface area contributed by atoms with Gasteiger partial charge < -0.3 is 9.73 Å². The molecular weight excluding hydrogens is 250 g/mol. The summed E-state index contributed by atoms with van der Waals surface area (Å²) < 4.78 is 5.56. The van der Waals surface area contributed by atoms with E-state index in [1.807, 2.05) is 39.8 Å². The molecule has 1 atom stereocenters. The van der Waals surface area contributed by atoms with Crippen LogP contribution in [0, 0.1) is 39.0 Å². The van der Waals surface area contributed by atoms with Crippen LogP contribution in [-0.2, 0) is 0 Å². The van der Waals surface area contributed by atoms with Gasteiger partial charge in [-0.1, -0.05) is 0 Å². The second-order valence-electron chi connectivity index (χ2n) is 5.12. The molecule has 0 fully saturated rings. The van der Waals surface area contributed by atoms with Gasteiger partial charge in [0.15, 0.2) is 0 Å². The number of nitriles is 1. The van der Waals surface area contributed by atoms with E-state index in [0.29, 0.717) is 5.56 Å². The molecule has 0 spiro atoms. The van der Waals surface area contributed by atoms with Gasteiger partial charge in [0.1, 0.15) is 17.6 Å². The topological polar surface area (TPSA) is 61.9 Å². The lowest BCUT2D eigenvalue weighted by molar-refractivity contribution is 0.500. The van der Waals surface area contributed by atoms with Crippen LogP contribution in [0.25, 0.3) is 0 Å². The Balaban J connectivity index is 2.35. The van der Waals surface area contributed by atoms with Crippen molar-refractivity contribution >= 4 is 5.69 Å². The van der Waals surface area contributed by atoms with E-state index >= 15 is 0 Å². The number of nitrogens with zero attached hydrogens (tertiary/aromatic N) is 2. The van der Waals surface area contributed by atoms with Crippen molar-refractivity contribution in [3.63, 3.8) is 0 Å². The minimum atomic E-state index is 0.0701. The fourth-order valence-electron chi connectivity index (χ4n) is 2.48. The summed E-state index contributed by atoms with van der Waals surface area (Å²) in [6.07, 6.45) is 0. The molecule has 104 valence electrons. The van der Waals surface area contributed by atoms with E-state index in [2.05, 4.69) is 23.3 Å². The monoisotopic (exact) mass is 269 g/mol. The Bertz CT molecular complexity index is 680. The third-order valence-electron chi connectivity index (χ3n) is 3.36. The van der Waals surface area contributed by atoms with E-state index in [9.17, 15) is 5.26 Å². The van der Waals surface area contributed by atoms with Crippen molar-refractivity contribution in [3.8, 4) is 6.07 Å². The highest BCUT2D eigenvalue weighted by molar-refractivity contribution is 5.60. The van der Waals surface area contributed by atoms with Crippen LogP contribution in [0.1, 0.15) is 47.0 Å². The Morgan fingerprint density at radius 1 is 1.25 bits per heavy atom. The van der Waals surface area contributed by atoms with Crippen molar-refractivity contribution < 1.29 is 4.42 Å². The quantitative estimate of drug-likeness (QED) is 0.916. The summed E-state index contributed by atoms with van der Waals surface area (Å²) in [5, 5.41) is 12.7. The molecule has 1 unspecified atom stereocenters. The summed E-state index contributed by atoms with van der Waals surface area (Å²) >= 11 is 0. The molecule has 2 aromatic heterocycles. The van der Waals surface area contributed by atoms with Crippen molar-refractivity contribution in [2.24, 2.45) is 0 Å². The number of anilines is 1. The molecular formula is C16H19N3O. The third kappa shape index (κ3) is 2.67. The third-order valence-corrected chi connectivity index (χ3v) is 3.36. The maximum Gasteiger partial charge on any atom is 0.106 e. The van der Waals surface area contributed by atoms with E-state index in [4.69, 9.17) is 4.42 Å². The lowest BCUT2D eigenvalue weighted by Crippen LogP contribution is -2.09. The fraction of sp³-hybridized carbons (Fsp3) is 0.375. The zero-order valence-electron chi connectivity index (χ0n) is 12.5. The number of rotatable bonds is 3. The van der Waals surface area contributed by atoms with Gasteiger partial charge >= 0.3 is 0 Å². The molecule has 0 aromatic carbocycles. The van der Waals surface area contributed by atoms with Gasteiger partial charge in [0, 0.05) is 11.3 Å². The van der Waals surface area contributed by atoms with Gasteiger partial charge in [-0.15, -0.1) is 0 Å². The molecule has 0 bridgehead atoms. The SMILES string of the molecule is Cc1cc(NC(C)c2cc(C)oc2C)c(C#N)c(C)n1. The summed E-state index contributed by atoms with van der Waals surface area (Å²) in [6, 6.07) is 6.22. The molecule has 0 aliphatic heterocycles. The van der Waals surface area contributed by atoms with Crippen LogP contribution in [0.3, 0.4) is 0 Å². The number of hydrogen-bond acceptors (Lipinski definition) is 4. The summed E-state index contributed by atoms with van der Waals surface area (Å²) in [7, 11) is 0. The van der Waals surface area contributed by atoms with E-state index in [1.54, 1.807) is 0 Å². The van der Waals surface area contributed by atoms with E-state index in [-0.39, 0.29) is 6.04 Å². The molecule has 2 heterocycles. The van der Waals surface area contributed by atoms with Crippen molar-refractivity contribution in [2.75, 3.05) is 5.32 Å². The first kappa shape index (κ1) is 14.1. The van der Waals surface area contributed by atoms with Crippen LogP contribution >= 0.6 is 0 Å². The molecule has 4 heteroatoms. The first-order valence-electron chi connectivity index (χ1n) is 6.64. The van der Waals surface area contributed by atoms with Crippen molar-refractivity contribution in [3.05, 3.63) is 46.2 Å². The minimum absolute atomic E-state index is 0.0701. The van der Waals surface area contributed by atoms with E-state index in [1.165, 1.54) is 0 Å². The standard InChI is InChI=1S/C16H19N3O/c1-9-6-16(15(8-17)12(4)18-9)19-11(3)14-7-10(2)20-13(14)5/h6-7,11H,1-5H3,(H,18,19). The van der Waals surface area contributed by atoms with Crippen molar-refractivity contribution in [1.82, 2.24) is 4.98 Å². The molecule has 0 aliphatic rings. The predicted molar refractivity (Wildman–Crippen MR) is 78.6 cm³/mol. The van der Waals surface area contributed by atoms with Gasteiger partial charge in [-0.05, 0) is 46.8 Å². The van der Waals surface area contributed by atoms with Gasteiger partial charge in [-0.3, -0.25) is 4.98 Å². The van der Waals surface area contributed by atoms with E-state index < -0.39 is 0 Å². The van der Waals surface area contributed by atoms with Gasteiger partial charge in [-0.25, -0.2) is 0 Å². The molecule has 0 saturated carbocycles. The molecule has 2 aromatic rings. The van der Waals surface area contributed by atoms with E-state index in [0.717, 1.165) is 34.2 Å². The molecule has 1 N–H and O–H groups in total. The summed E-state index contributed by atoms with van der Waals surface area (Å²) in [4.78, 5) is 4.33. The summed E-state index contributed by atoms with van der Waals surface area (Å²) in [5.41, 5.74) is 4.18. The Hall–Kier alpha value is -2.28. The molecule has 2 rings (SSSR count). The minimum Gasteiger partial charge on any atom is -0.466 e. The van der Waals surface area contributed by atoms with Crippen LogP contribution in [0.2, 0.25) is 0 Å². The van der Waals surface area contributed by atoms with Gasteiger partial charge in [0.2, 0.25) is 0 Å². The Morgan fingerprint density at radius 3 is 2.50 bits per heavy atom. The van der Waals surface area contributed by atoms with Crippen LogP contribution < -0.4 is 5.32 Å². The lowest BCUT2D eigenvalue weighted by atomic mass is 10.1.